The van der Waals surface area contributed by atoms with Crippen molar-refractivity contribution >= 4 is 17.1 Å². The highest BCUT2D eigenvalue weighted by Crippen LogP contribution is 2.38. The number of thiazole rings is 1. The maximum atomic E-state index is 14.0. The number of rotatable bonds is 4. The highest BCUT2D eigenvalue weighted by Gasteiger charge is 2.24. The number of fused-ring (bicyclic) bond motifs is 3. The quantitative estimate of drug-likeness (QED) is 0.426. The SMILES string of the molecule is O=C(Cc1c(F)cccc1F)c1nc2c(s1)-c1cc(-n3ccnc3)ccc1CCC2. The molecule has 5 rings (SSSR count). The van der Waals surface area contributed by atoms with Gasteiger partial charge in [-0.05, 0) is 54.7 Å². The Morgan fingerprint density at radius 3 is 2.73 bits per heavy atom. The lowest BCUT2D eigenvalue weighted by molar-refractivity contribution is 0.0990. The van der Waals surface area contributed by atoms with E-state index in [1.807, 2.05) is 10.8 Å². The Kier molecular flexibility index (Phi) is 4.75. The predicted octanol–water partition coefficient (Wildman–Crippen LogP) is 5.19. The van der Waals surface area contributed by atoms with Crippen molar-refractivity contribution in [2.75, 3.05) is 0 Å². The second-order valence-corrected chi connectivity index (χ2v) is 8.26. The average molecular weight is 421 g/mol. The van der Waals surface area contributed by atoms with Gasteiger partial charge in [-0.15, -0.1) is 11.3 Å². The summed E-state index contributed by atoms with van der Waals surface area (Å²) in [7, 11) is 0. The van der Waals surface area contributed by atoms with Crippen molar-refractivity contribution in [3.05, 3.63) is 88.6 Å². The molecule has 0 saturated carbocycles. The number of nitrogens with zero attached hydrogens (tertiary/aromatic N) is 3. The first kappa shape index (κ1) is 18.8. The van der Waals surface area contributed by atoms with E-state index in [1.165, 1.54) is 23.0 Å². The Morgan fingerprint density at radius 2 is 1.97 bits per heavy atom. The zero-order valence-electron chi connectivity index (χ0n) is 15.9. The molecule has 0 bridgehead atoms. The molecule has 1 aliphatic carbocycles. The number of imidazole rings is 1. The van der Waals surface area contributed by atoms with Crippen LogP contribution in [-0.2, 0) is 19.3 Å². The van der Waals surface area contributed by atoms with Gasteiger partial charge in [0, 0.05) is 30.1 Å². The third-order valence-corrected chi connectivity index (χ3v) is 6.51. The van der Waals surface area contributed by atoms with Crippen LogP contribution in [0.5, 0.6) is 0 Å². The van der Waals surface area contributed by atoms with Crippen LogP contribution in [0.4, 0.5) is 8.78 Å². The lowest BCUT2D eigenvalue weighted by atomic mass is 10.0. The molecule has 0 spiro atoms. The van der Waals surface area contributed by atoms with E-state index in [-0.39, 0.29) is 17.8 Å². The van der Waals surface area contributed by atoms with Crippen molar-refractivity contribution < 1.29 is 13.6 Å². The Hall–Kier alpha value is -3.19. The van der Waals surface area contributed by atoms with Gasteiger partial charge in [0.1, 0.15) is 11.6 Å². The normalized spacial score (nSPS) is 12.9. The highest BCUT2D eigenvalue weighted by atomic mass is 32.1. The van der Waals surface area contributed by atoms with Crippen molar-refractivity contribution in [1.29, 1.82) is 0 Å². The maximum Gasteiger partial charge on any atom is 0.195 e. The van der Waals surface area contributed by atoms with Gasteiger partial charge in [0.2, 0.25) is 0 Å². The van der Waals surface area contributed by atoms with E-state index in [4.69, 9.17) is 0 Å². The third-order valence-electron chi connectivity index (χ3n) is 5.34. The zero-order chi connectivity index (χ0) is 20.7. The number of carbonyl (C=O) groups is 1. The molecule has 7 heteroatoms. The summed E-state index contributed by atoms with van der Waals surface area (Å²) in [5, 5.41) is 0.295. The average Bonchev–Trinajstić information content (AvgIpc) is 3.39. The third kappa shape index (κ3) is 3.35. The summed E-state index contributed by atoms with van der Waals surface area (Å²) in [4.78, 5) is 22.4. The van der Waals surface area contributed by atoms with Crippen LogP contribution in [0, 0.1) is 11.6 Å². The molecule has 150 valence electrons. The largest absolute Gasteiger partial charge is 0.306 e. The smallest absolute Gasteiger partial charge is 0.195 e. The molecule has 0 fully saturated rings. The molecule has 0 aliphatic heterocycles. The van der Waals surface area contributed by atoms with Gasteiger partial charge in [0.05, 0.1) is 16.9 Å². The lowest BCUT2D eigenvalue weighted by Gasteiger charge is -2.09. The van der Waals surface area contributed by atoms with Crippen LogP contribution < -0.4 is 0 Å². The first-order valence-corrected chi connectivity index (χ1v) is 10.5. The molecule has 0 saturated heterocycles. The van der Waals surface area contributed by atoms with Crippen LogP contribution in [0.3, 0.4) is 0 Å². The fourth-order valence-electron chi connectivity index (χ4n) is 3.80. The minimum absolute atomic E-state index is 0.212. The molecule has 1 aliphatic rings. The maximum absolute atomic E-state index is 14.0. The number of hydrogen-bond donors (Lipinski definition) is 0. The van der Waals surface area contributed by atoms with Crippen LogP contribution in [0.25, 0.3) is 16.1 Å². The minimum atomic E-state index is -0.711. The van der Waals surface area contributed by atoms with Crippen LogP contribution in [0.2, 0.25) is 0 Å². The van der Waals surface area contributed by atoms with E-state index in [2.05, 4.69) is 28.2 Å². The Morgan fingerprint density at radius 1 is 1.13 bits per heavy atom. The zero-order valence-corrected chi connectivity index (χ0v) is 16.8. The number of aromatic nitrogens is 3. The number of hydrogen-bond acceptors (Lipinski definition) is 4. The standard InChI is InChI=1S/C23H17F2N3OS/c24-18-4-2-5-19(25)17(18)12-21(29)23-27-20-6-1-3-14-7-8-15(28-10-9-26-13-28)11-16(14)22(20)30-23/h2,4-5,7-11,13H,1,3,6,12H2. The number of halogens is 2. The molecule has 4 aromatic rings. The van der Waals surface area contributed by atoms with Gasteiger partial charge in [-0.25, -0.2) is 18.7 Å². The van der Waals surface area contributed by atoms with Crippen LogP contribution in [0.15, 0.2) is 55.1 Å². The predicted molar refractivity (Wildman–Crippen MR) is 111 cm³/mol. The van der Waals surface area contributed by atoms with Gasteiger partial charge in [-0.2, -0.15) is 0 Å². The van der Waals surface area contributed by atoms with Crippen LogP contribution >= 0.6 is 11.3 Å². The fourth-order valence-corrected chi connectivity index (χ4v) is 4.90. The van der Waals surface area contributed by atoms with Crippen molar-refractivity contribution in [3.8, 4) is 16.1 Å². The van der Waals surface area contributed by atoms with Gasteiger partial charge in [-0.3, -0.25) is 4.79 Å². The molecule has 0 N–H and O–H groups in total. The van der Waals surface area contributed by atoms with E-state index < -0.39 is 11.6 Å². The van der Waals surface area contributed by atoms with E-state index in [0.717, 1.165) is 53.2 Å². The number of aryl methyl sites for hydroxylation is 2. The summed E-state index contributed by atoms with van der Waals surface area (Å²) in [5.74, 6) is -1.79. The molecule has 0 atom stereocenters. The summed E-state index contributed by atoms with van der Waals surface area (Å²) in [6, 6.07) is 9.87. The molecule has 2 heterocycles. The summed E-state index contributed by atoms with van der Waals surface area (Å²) in [5.41, 5.74) is 3.91. The monoisotopic (exact) mass is 421 g/mol. The van der Waals surface area contributed by atoms with Gasteiger partial charge in [0.25, 0.3) is 0 Å². The van der Waals surface area contributed by atoms with Gasteiger partial charge < -0.3 is 4.57 Å². The van der Waals surface area contributed by atoms with Crippen LogP contribution in [0.1, 0.15) is 33.0 Å². The molecule has 30 heavy (non-hydrogen) atoms. The van der Waals surface area contributed by atoms with Crippen molar-refractivity contribution in [2.45, 2.75) is 25.7 Å². The van der Waals surface area contributed by atoms with Crippen LogP contribution in [-0.4, -0.2) is 20.3 Å². The van der Waals surface area contributed by atoms with Crippen molar-refractivity contribution in [3.63, 3.8) is 0 Å². The van der Waals surface area contributed by atoms with Gasteiger partial charge in [0.15, 0.2) is 10.8 Å². The highest BCUT2D eigenvalue weighted by molar-refractivity contribution is 7.17. The minimum Gasteiger partial charge on any atom is -0.306 e. The molecular weight excluding hydrogens is 404 g/mol. The lowest BCUT2D eigenvalue weighted by Crippen LogP contribution is -2.07. The second-order valence-electron chi connectivity index (χ2n) is 7.26. The first-order chi connectivity index (χ1) is 14.6. The Balaban J connectivity index is 1.53. The summed E-state index contributed by atoms with van der Waals surface area (Å²) in [6.07, 6.45) is 7.64. The molecule has 0 unspecified atom stereocenters. The van der Waals surface area contributed by atoms with Gasteiger partial charge in [-0.1, -0.05) is 12.1 Å². The van der Waals surface area contributed by atoms with E-state index in [9.17, 15) is 13.6 Å². The molecule has 2 aromatic heterocycles. The van der Waals surface area contributed by atoms with E-state index in [0.29, 0.717) is 5.01 Å². The molecule has 0 amide bonds. The van der Waals surface area contributed by atoms with E-state index >= 15 is 0 Å². The first-order valence-electron chi connectivity index (χ1n) is 9.67. The van der Waals surface area contributed by atoms with E-state index in [1.54, 1.807) is 12.5 Å². The summed E-state index contributed by atoms with van der Waals surface area (Å²) in [6.45, 7) is 0. The number of carbonyl (C=O) groups excluding carboxylic acids is 1. The number of ketones is 1. The van der Waals surface area contributed by atoms with Crippen molar-refractivity contribution in [1.82, 2.24) is 14.5 Å². The molecular formula is C23H17F2N3OS. The van der Waals surface area contributed by atoms with Crippen molar-refractivity contribution in [2.24, 2.45) is 0 Å². The second kappa shape index (κ2) is 7.57. The Labute approximate surface area is 175 Å². The fraction of sp³-hybridized carbons (Fsp3) is 0.174. The molecule has 0 radical (unpaired) electrons. The summed E-state index contributed by atoms with van der Waals surface area (Å²) < 4.78 is 29.9. The Bertz CT molecular complexity index is 1230. The molecule has 2 aromatic carbocycles. The molecule has 4 nitrogen and oxygen atoms in total. The summed E-state index contributed by atoms with van der Waals surface area (Å²) >= 11 is 1.31. The van der Waals surface area contributed by atoms with Gasteiger partial charge >= 0.3 is 0 Å². The number of Topliss-reactive ketones (excluding diaryl/α,β-unsaturated/α-hetero) is 1. The topological polar surface area (TPSA) is 47.8 Å². The number of benzene rings is 2.